The number of nitrogen functional groups attached to an aromatic ring is 1. The van der Waals surface area contributed by atoms with E-state index in [0.717, 1.165) is 17.4 Å². The zero-order chi connectivity index (χ0) is 9.97. The largest absolute Gasteiger partial charge is 0.383 e. The molecule has 1 fully saturated rings. The van der Waals surface area contributed by atoms with Crippen molar-refractivity contribution in [3.05, 3.63) is 17.7 Å². The van der Waals surface area contributed by atoms with Gasteiger partial charge >= 0.3 is 0 Å². The second-order valence-corrected chi connectivity index (χ2v) is 4.31. The first-order chi connectivity index (χ1) is 6.83. The van der Waals surface area contributed by atoms with Crippen LogP contribution in [-0.2, 0) is 0 Å². The second-order valence-electron chi connectivity index (χ2n) is 3.53. The van der Waals surface area contributed by atoms with Crippen molar-refractivity contribution in [2.45, 2.75) is 25.7 Å². The predicted molar refractivity (Wildman–Crippen MR) is 61.8 cm³/mol. The van der Waals surface area contributed by atoms with Gasteiger partial charge in [-0.25, -0.2) is 0 Å². The summed E-state index contributed by atoms with van der Waals surface area (Å²) in [4.78, 5) is 0. The maximum atomic E-state index is 5.83. The number of nitrogens with zero attached hydrogens (tertiary/aromatic N) is 1. The summed E-state index contributed by atoms with van der Waals surface area (Å²) in [6.45, 7) is 2.88. The zero-order valence-electron chi connectivity index (χ0n) is 8.29. The van der Waals surface area contributed by atoms with Gasteiger partial charge in [-0.15, -0.1) is 0 Å². The fourth-order valence-electron chi connectivity index (χ4n) is 1.47. The maximum Gasteiger partial charge on any atom is 0.142 e. The smallest absolute Gasteiger partial charge is 0.142 e. The third kappa shape index (κ3) is 1.90. The van der Waals surface area contributed by atoms with Gasteiger partial charge in [0.25, 0.3) is 0 Å². The number of hydrogen-bond acceptors (Lipinski definition) is 4. The zero-order valence-corrected chi connectivity index (χ0v) is 9.10. The Balaban J connectivity index is 2.08. The van der Waals surface area contributed by atoms with Crippen LogP contribution in [0, 0.1) is 0 Å². The van der Waals surface area contributed by atoms with E-state index in [1.54, 1.807) is 0 Å². The van der Waals surface area contributed by atoms with E-state index in [1.807, 2.05) is 13.0 Å². The number of hydrogen-bond donors (Lipinski definition) is 2. The summed E-state index contributed by atoms with van der Waals surface area (Å²) in [5, 5.41) is 4.50. The molecule has 1 aliphatic rings. The van der Waals surface area contributed by atoms with Gasteiger partial charge in [-0.1, -0.05) is 12.2 Å². The van der Waals surface area contributed by atoms with Gasteiger partial charge in [0.1, 0.15) is 10.8 Å². The number of allylic oxidation sites excluding steroid dienone is 1. The molecule has 14 heavy (non-hydrogen) atoms. The lowest BCUT2D eigenvalue weighted by molar-refractivity contribution is 1.13. The average molecular weight is 209 g/mol. The summed E-state index contributed by atoms with van der Waals surface area (Å²) in [6, 6.07) is 0. The first-order valence-electron chi connectivity index (χ1n) is 4.93. The molecule has 4 heteroatoms. The Morgan fingerprint density at radius 1 is 1.64 bits per heavy atom. The highest BCUT2D eigenvalue weighted by Gasteiger charge is 2.30. The van der Waals surface area contributed by atoms with Crippen molar-refractivity contribution in [1.82, 2.24) is 4.37 Å². The van der Waals surface area contributed by atoms with Crippen LogP contribution in [0.15, 0.2) is 12.2 Å². The molecular formula is C10H15N3S. The molecule has 1 heterocycles. The molecule has 1 aliphatic carbocycles. The van der Waals surface area contributed by atoms with Crippen LogP contribution in [0.4, 0.5) is 10.8 Å². The van der Waals surface area contributed by atoms with Crippen LogP contribution in [0.5, 0.6) is 0 Å². The lowest BCUT2D eigenvalue weighted by Gasteiger charge is -2.02. The Kier molecular flexibility index (Phi) is 2.72. The third-order valence-electron chi connectivity index (χ3n) is 2.36. The van der Waals surface area contributed by atoms with Crippen LogP contribution >= 0.6 is 11.5 Å². The summed E-state index contributed by atoms with van der Waals surface area (Å²) in [5.41, 5.74) is 7.08. The summed E-state index contributed by atoms with van der Waals surface area (Å²) in [5.74, 6) is 1.39. The van der Waals surface area contributed by atoms with Crippen molar-refractivity contribution < 1.29 is 0 Å². The highest BCUT2D eigenvalue weighted by atomic mass is 32.1. The molecule has 2 rings (SSSR count). The van der Waals surface area contributed by atoms with E-state index in [0.29, 0.717) is 5.92 Å². The Morgan fingerprint density at radius 2 is 2.43 bits per heavy atom. The molecule has 0 radical (unpaired) electrons. The Morgan fingerprint density at radius 3 is 3.07 bits per heavy atom. The van der Waals surface area contributed by atoms with Gasteiger partial charge in [0, 0.05) is 12.1 Å². The van der Waals surface area contributed by atoms with Gasteiger partial charge in [-0.05, 0) is 37.2 Å². The fraction of sp³-hybridized carbons (Fsp3) is 0.500. The highest BCUT2D eigenvalue weighted by Crippen LogP contribution is 2.47. The third-order valence-corrected chi connectivity index (χ3v) is 3.19. The van der Waals surface area contributed by atoms with E-state index in [1.165, 1.54) is 29.9 Å². The van der Waals surface area contributed by atoms with E-state index in [4.69, 9.17) is 5.73 Å². The molecule has 3 N–H and O–H groups in total. The van der Waals surface area contributed by atoms with Gasteiger partial charge in [0.05, 0.1) is 0 Å². The summed E-state index contributed by atoms with van der Waals surface area (Å²) in [7, 11) is 0. The molecule has 1 aromatic rings. The van der Waals surface area contributed by atoms with Gasteiger partial charge in [0.2, 0.25) is 0 Å². The van der Waals surface area contributed by atoms with E-state index in [-0.39, 0.29) is 0 Å². The minimum absolute atomic E-state index is 0.668. The van der Waals surface area contributed by atoms with Gasteiger partial charge in [-0.3, -0.25) is 0 Å². The molecule has 1 aromatic heterocycles. The monoisotopic (exact) mass is 209 g/mol. The number of nitrogens with one attached hydrogen (secondary N) is 1. The molecule has 0 atom stereocenters. The summed E-state index contributed by atoms with van der Waals surface area (Å²) < 4.78 is 4.19. The predicted octanol–water partition coefficient (Wildman–Crippen LogP) is 2.59. The minimum Gasteiger partial charge on any atom is -0.383 e. The molecule has 3 nitrogen and oxygen atoms in total. The molecule has 0 bridgehead atoms. The Bertz CT molecular complexity index is 339. The van der Waals surface area contributed by atoms with Crippen molar-refractivity contribution in [3.8, 4) is 0 Å². The summed E-state index contributed by atoms with van der Waals surface area (Å²) >= 11 is 1.47. The normalized spacial score (nSPS) is 16.4. The molecule has 0 spiro atoms. The number of aromatic nitrogens is 1. The van der Waals surface area contributed by atoms with E-state index < -0.39 is 0 Å². The molecule has 1 saturated carbocycles. The van der Waals surface area contributed by atoms with E-state index in [9.17, 15) is 0 Å². The Labute approximate surface area is 88.2 Å². The highest BCUT2D eigenvalue weighted by molar-refractivity contribution is 7.10. The molecule has 0 aromatic carbocycles. The van der Waals surface area contributed by atoms with Crippen LogP contribution in [0.3, 0.4) is 0 Å². The van der Waals surface area contributed by atoms with Crippen molar-refractivity contribution in [2.24, 2.45) is 0 Å². The van der Waals surface area contributed by atoms with Crippen LogP contribution < -0.4 is 11.1 Å². The average Bonchev–Trinajstić information content (AvgIpc) is 2.93. The molecule has 76 valence electrons. The van der Waals surface area contributed by atoms with Crippen molar-refractivity contribution in [2.75, 3.05) is 17.6 Å². The lowest BCUT2D eigenvalue weighted by atomic mass is 10.2. The standard InChI is InChI=1S/C10H15N3S/c1-2-3-6-12-10-8(7-4-5-7)9(11)13-14-10/h2-3,7,12H,4-6H2,1H3,(H2,11,13)/b3-2+. The van der Waals surface area contributed by atoms with Crippen molar-refractivity contribution in [1.29, 1.82) is 0 Å². The lowest BCUT2D eigenvalue weighted by Crippen LogP contribution is -1.99. The van der Waals surface area contributed by atoms with Crippen LogP contribution in [-0.4, -0.2) is 10.9 Å². The van der Waals surface area contributed by atoms with Crippen molar-refractivity contribution >= 4 is 22.4 Å². The SMILES string of the molecule is C/C=C/CNc1snc(N)c1C1CC1. The molecule has 0 aliphatic heterocycles. The van der Waals surface area contributed by atoms with Gasteiger partial charge < -0.3 is 11.1 Å². The molecule has 0 amide bonds. The quantitative estimate of drug-likeness (QED) is 0.749. The first kappa shape index (κ1) is 9.52. The number of anilines is 2. The van der Waals surface area contributed by atoms with Crippen molar-refractivity contribution in [3.63, 3.8) is 0 Å². The number of rotatable bonds is 4. The minimum atomic E-state index is 0.668. The number of nitrogens with two attached hydrogens (primary N) is 1. The Hall–Kier alpha value is -1.03. The van der Waals surface area contributed by atoms with Gasteiger partial charge in [-0.2, -0.15) is 4.37 Å². The second kappa shape index (κ2) is 4.00. The molecule has 0 saturated heterocycles. The maximum absolute atomic E-state index is 5.83. The topological polar surface area (TPSA) is 50.9 Å². The van der Waals surface area contributed by atoms with Crippen LogP contribution in [0.25, 0.3) is 0 Å². The molecule has 0 unspecified atom stereocenters. The first-order valence-corrected chi connectivity index (χ1v) is 5.70. The van der Waals surface area contributed by atoms with Crippen LogP contribution in [0.2, 0.25) is 0 Å². The van der Waals surface area contributed by atoms with E-state index in [2.05, 4.69) is 15.8 Å². The molecular weight excluding hydrogens is 194 g/mol. The summed E-state index contributed by atoms with van der Waals surface area (Å²) in [6.07, 6.45) is 6.66. The van der Waals surface area contributed by atoms with E-state index >= 15 is 0 Å². The van der Waals surface area contributed by atoms with Crippen LogP contribution in [0.1, 0.15) is 31.2 Å². The van der Waals surface area contributed by atoms with Gasteiger partial charge in [0.15, 0.2) is 0 Å². The fourth-order valence-corrected chi connectivity index (χ4v) is 2.28.